The Labute approximate surface area is 184 Å². The first-order chi connectivity index (χ1) is 15.3. The van der Waals surface area contributed by atoms with Gasteiger partial charge in [0.2, 0.25) is 21.7 Å². The van der Waals surface area contributed by atoms with Gasteiger partial charge in [-0.05, 0) is 56.2 Å². The van der Waals surface area contributed by atoms with Gasteiger partial charge in [0.1, 0.15) is 23.1 Å². The second-order valence-electron chi connectivity index (χ2n) is 7.24. The van der Waals surface area contributed by atoms with E-state index in [0.717, 1.165) is 16.4 Å². The van der Waals surface area contributed by atoms with Gasteiger partial charge in [-0.1, -0.05) is 12.1 Å². The van der Waals surface area contributed by atoms with Crippen molar-refractivity contribution in [3.63, 3.8) is 0 Å². The Morgan fingerprint density at radius 3 is 2.62 bits per heavy atom. The molecule has 1 atom stereocenters. The van der Waals surface area contributed by atoms with Crippen LogP contribution in [0.1, 0.15) is 30.3 Å². The molecule has 168 valence electrons. The number of ether oxygens (including phenoxy) is 1. The SMILES string of the molecule is CCOC(=O)c1oc2ccccc2c1NC(=O)[C@@H]1CCCN1S(=O)(=O)c1ccc(F)cc1. The number of para-hydroxylation sites is 1. The van der Waals surface area contributed by atoms with Gasteiger partial charge < -0.3 is 14.5 Å². The monoisotopic (exact) mass is 460 g/mol. The standard InChI is InChI=1S/C22H21FN2O6S/c1-2-30-22(27)20-19(16-6-3-4-8-18(16)31-20)24-21(26)17-7-5-13-25(17)32(28,29)15-11-9-14(23)10-12-15/h3-4,6,8-12,17H,2,5,7,13H2,1H3,(H,24,26)/t17-/m0/s1. The van der Waals surface area contributed by atoms with E-state index in [1.54, 1.807) is 31.2 Å². The van der Waals surface area contributed by atoms with Crippen molar-refractivity contribution in [3.05, 3.63) is 60.1 Å². The molecule has 1 fully saturated rings. The maximum absolute atomic E-state index is 13.2. The van der Waals surface area contributed by atoms with E-state index in [1.165, 1.54) is 12.1 Å². The molecule has 0 spiro atoms. The highest BCUT2D eigenvalue weighted by atomic mass is 32.2. The quantitative estimate of drug-likeness (QED) is 0.564. The number of hydrogen-bond acceptors (Lipinski definition) is 6. The van der Waals surface area contributed by atoms with Crippen LogP contribution in [0, 0.1) is 5.82 Å². The van der Waals surface area contributed by atoms with E-state index in [-0.39, 0.29) is 29.5 Å². The summed E-state index contributed by atoms with van der Waals surface area (Å²) in [4.78, 5) is 25.4. The van der Waals surface area contributed by atoms with Gasteiger partial charge in [0.15, 0.2) is 0 Å². The van der Waals surface area contributed by atoms with Crippen molar-refractivity contribution in [3.8, 4) is 0 Å². The fourth-order valence-corrected chi connectivity index (χ4v) is 5.40. The van der Waals surface area contributed by atoms with Gasteiger partial charge in [-0.3, -0.25) is 4.79 Å². The third-order valence-electron chi connectivity index (χ3n) is 5.23. The van der Waals surface area contributed by atoms with E-state index < -0.39 is 33.8 Å². The summed E-state index contributed by atoms with van der Waals surface area (Å²) in [7, 11) is -4.02. The van der Waals surface area contributed by atoms with E-state index in [2.05, 4.69) is 5.32 Å². The van der Waals surface area contributed by atoms with Crippen molar-refractivity contribution >= 4 is 38.6 Å². The van der Waals surface area contributed by atoms with Gasteiger partial charge in [0.05, 0.1) is 11.5 Å². The van der Waals surface area contributed by atoms with Gasteiger partial charge >= 0.3 is 5.97 Å². The summed E-state index contributed by atoms with van der Waals surface area (Å²) in [6.07, 6.45) is 0.784. The predicted molar refractivity (Wildman–Crippen MR) is 114 cm³/mol. The van der Waals surface area contributed by atoms with Crippen LogP contribution in [0.15, 0.2) is 57.8 Å². The molecular weight excluding hydrogens is 439 g/mol. The van der Waals surface area contributed by atoms with Crippen LogP contribution in [-0.4, -0.2) is 43.8 Å². The van der Waals surface area contributed by atoms with Crippen molar-refractivity contribution in [1.29, 1.82) is 0 Å². The number of nitrogens with zero attached hydrogens (tertiary/aromatic N) is 1. The van der Waals surface area contributed by atoms with Crippen LogP contribution >= 0.6 is 0 Å². The molecule has 4 rings (SSSR count). The summed E-state index contributed by atoms with van der Waals surface area (Å²) >= 11 is 0. The molecule has 0 saturated carbocycles. The molecule has 1 aromatic heterocycles. The molecule has 3 aromatic rings. The average molecular weight is 460 g/mol. The predicted octanol–water partition coefficient (Wildman–Crippen LogP) is 3.54. The number of amides is 1. The normalized spacial score (nSPS) is 16.9. The minimum atomic E-state index is -4.02. The fraction of sp³-hybridized carbons (Fsp3) is 0.273. The number of benzene rings is 2. The molecule has 1 N–H and O–H groups in total. The molecule has 1 aliphatic rings. The van der Waals surface area contributed by atoms with Crippen molar-refractivity contribution in [1.82, 2.24) is 4.31 Å². The summed E-state index contributed by atoms with van der Waals surface area (Å²) in [6, 6.07) is 10.2. The topological polar surface area (TPSA) is 106 Å². The largest absolute Gasteiger partial charge is 0.460 e. The maximum Gasteiger partial charge on any atom is 0.376 e. The fourth-order valence-electron chi connectivity index (χ4n) is 3.75. The number of fused-ring (bicyclic) bond motifs is 1. The summed E-state index contributed by atoms with van der Waals surface area (Å²) in [5, 5.41) is 3.17. The van der Waals surface area contributed by atoms with Gasteiger partial charge in [-0.2, -0.15) is 4.31 Å². The van der Waals surface area contributed by atoms with E-state index in [4.69, 9.17) is 9.15 Å². The summed E-state index contributed by atoms with van der Waals surface area (Å²) in [5.74, 6) is -2.04. The van der Waals surface area contributed by atoms with E-state index in [1.807, 2.05) is 0 Å². The molecule has 0 bridgehead atoms. The lowest BCUT2D eigenvalue weighted by atomic mass is 10.2. The third-order valence-corrected chi connectivity index (χ3v) is 7.15. The van der Waals surface area contributed by atoms with Gasteiger partial charge in [-0.15, -0.1) is 0 Å². The van der Waals surface area contributed by atoms with Crippen molar-refractivity contribution in [2.75, 3.05) is 18.5 Å². The molecule has 2 aromatic carbocycles. The lowest BCUT2D eigenvalue weighted by molar-refractivity contribution is -0.119. The molecule has 0 unspecified atom stereocenters. The molecule has 10 heteroatoms. The van der Waals surface area contributed by atoms with Crippen LogP contribution < -0.4 is 5.32 Å². The van der Waals surface area contributed by atoms with Crippen LogP contribution in [0.5, 0.6) is 0 Å². The zero-order chi connectivity index (χ0) is 22.9. The number of carbonyl (C=O) groups excluding carboxylic acids is 2. The Bertz CT molecular complexity index is 1270. The lowest BCUT2D eigenvalue weighted by Crippen LogP contribution is -2.43. The molecule has 1 amide bonds. The highest BCUT2D eigenvalue weighted by Crippen LogP contribution is 2.33. The minimum absolute atomic E-state index is 0.0976. The maximum atomic E-state index is 13.2. The number of hydrogen-bond donors (Lipinski definition) is 1. The van der Waals surface area contributed by atoms with Gasteiger partial charge in [0.25, 0.3) is 0 Å². The van der Waals surface area contributed by atoms with Crippen molar-refractivity contribution < 1.29 is 31.6 Å². The van der Waals surface area contributed by atoms with Crippen LogP contribution in [0.25, 0.3) is 11.0 Å². The number of esters is 1. The molecule has 32 heavy (non-hydrogen) atoms. The zero-order valence-electron chi connectivity index (χ0n) is 17.2. The van der Waals surface area contributed by atoms with E-state index >= 15 is 0 Å². The Kier molecular flexibility index (Phi) is 5.98. The molecule has 2 heterocycles. The molecule has 1 saturated heterocycles. The number of furan rings is 1. The van der Waals surface area contributed by atoms with Crippen molar-refractivity contribution in [2.24, 2.45) is 0 Å². The number of halogens is 1. The molecule has 0 radical (unpaired) electrons. The third kappa shape index (κ3) is 3.98. The van der Waals surface area contributed by atoms with E-state index in [0.29, 0.717) is 23.8 Å². The Hall–Kier alpha value is -3.24. The lowest BCUT2D eigenvalue weighted by Gasteiger charge is -2.23. The first-order valence-electron chi connectivity index (χ1n) is 10.1. The highest BCUT2D eigenvalue weighted by Gasteiger charge is 2.40. The number of rotatable bonds is 6. The second-order valence-corrected chi connectivity index (χ2v) is 9.13. The molecule has 1 aliphatic heterocycles. The summed E-state index contributed by atoms with van der Waals surface area (Å²) in [5.41, 5.74) is 0.517. The Balaban J connectivity index is 1.65. The van der Waals surface area contributed by atoms with Crippen molar-refractivity contribution in [2.45, 2.75) is 30.7 Å². The van der Waals surface area contributed by atoms with Crippen LogP contribution in [0.3, 0.4) is 0 Å². The number of sulfonamides is 1. The Morgan fingerprint density at radius 1 is 1.19 bits per heavy atom. The first-order valence-corrected chi connectivity index (χ1v) is 11.5. The summed E-state index contributed by atoms with van der Waals surface area (Å²) < 4.78 is 51.1. The van der Waals surface area contributed by atoms with Crippen LogP contribution in [-0.2, 0) is 19.6 Å². The average Bonchev–Trinajstić information content (AvgIpc) is 3.40. The van der Waals surface area contributed by atoms with E-state index in [9.17, 15) is 22.4 Å². The van der Waals surface area contributed by atoms with Crippen LogP contribution in [0.2, 0.25) is 0 Å². The van der Waals surface area contributed by atoms with Crippen LogP contribution in [0.4, 0.5) is 10.1 Å². The molecule has 0 aliphatic carbocycles. The Morgan fingerprint density at radius 2 is 1.91 bits per heavy atom. The smallest absolute Gasteiger partial charge is 0.376 e. The number of anilines is 1. The number of nitrogens with one attached hydrogen (secondary N) is 1. The second kappa shape index (κ2) is 8.71. The zero-order valence-corrected chi connectivity index (χ0v) is 18.0. The molecule has 8 nitrogen and oxygen atoms in total. The van der Waals surface area contributed by atoms with Gasteiger partial charge in [0, 0.05) is 11.9 Å². The van der Waals surface area contributed by atoms with Gasteiger partial charge in [-0.25, -0.2) is 17.6 Å². The number of carbonyl (C=O) groups is 2. The highest BCUT2D eigenvalue weighted by molar-refractivity contribution is 7.89. The molecular formula is C22H21FN2O6S. The first kappa shape index (κ1) is 22.0. The summed E-state index contributed by atoms with van der Waals surface area (Å²) in [6.45, 7) is 1.92. The minimum Gasteiger partial charge on any atom is -0.460 e.